The van der Waals surface area contributed by atoms with Crippen LogP contribution in [-0.2, 0) is 9.53 Å². The zero-order valence-corrected chi connectivity index (χ0v) is 10.9. The molecule has 0 saturated carbocycles. The Morgan fingerprint density at radius 2 is 2.20 bits per heavy atom. The first-order valence-electron chi connectivity index (χ1n) is 5.82. The van der Waals surface area contributed by atoms with E-state index < -0.39 is 17.7 Å². The van der Waals surface area contributed by atoms with Gasteiger partial charge in [0.25, 0.3) is 5.91 Å². The zero-order valence-electron chi connectivity index (χ0n) is 10.9. The van der Waals surface area contributed by atoms with Gasteiger partial charge in [-0.15, -0.1) is 0 Å². The lowest BCUT2D eigenvalue weighted by Crippen LogP contribution is -2.27. The molecule has 1 rings (SSSR count). The molecule has 0 aliphatic rings. The molecular formula is C14H14FNO4. The summed E-state index contributed by atoms with van der Waals surface area (Å²) < 4.78 is 18.1. The van der Waals surface area contributed by atoms with Gasteiger partial charge in [-0.2, -0.15) is 0 Å². The third-order valence-electron chi connectivity index (χ3n) is 2.37. The Bertz CT molecular complexity index is 560. The molecule has 0 fully saturated rings. The number of ether oxygens (including phenoxy) is 1. The maximum absolute atomic E-state index is 13.7. The molecule has 1 aromatic carbocycles. The van der Waals surface area contributed by atoms with Crippen molar-refractivity contribution in [2.45, 2.75) is 6.42 Å². The maximum Gasteiger partial charge on any atom is 0.307 e. The number of amides is 1. The average Bonchev–Trinajstić information content (AvgIpc) is 2.44. The Kier molecular flexibility index (Phi) is 6.20. The fourth-order valence-electron chi connectivity index (χ4n) is 1.39. The number of halogens is 1. The number of hydrogen-bond acceptors (Lipinski definition) is 4. The van der Waals surface area contributed by atoms with E-state index in [-0.39, 0.29) is 25.1 Å². The third-order valence-corrected chi connectivity index (χ3v) is 2.37. The van der Waals surface area contributed by atoms with Gasteiger partial charge in [-0.1, -0.05) is 11.8 Å². The smallest absolute Gasteiger partial charge is 0.307 e. The standard InChI is InChI=1S/C14H14FNO4/c1-20-13(18)6-7-16-14(19)11-5-4-10(3-2-8-17)9-12(11)15/h4-5,9,17H,6-8H2,1H3,(H,16,19). The van der Waals surface area contributed by atoms with Crippen molar-refractivity contribution < 1.29 is 23.8 Å². The molecule has 0 heterocycles. The first-order valence-corrected chi connectivity index (χ1v) is 5.82. The Morgan fingerprint density at radius 3 is 2.80 bits per heavy atom. The van der Waals surface area contributed by atoms with Crippen LogP contribution in [0.5, 0.6) is 0 Å². The molecule has 0 atom stereocenters. The van der Waals surface area contributed by atoms with E-state index in [4.69, 9.17) is 5.11 Å². The quantitative estimate of drug-likeness (QED) is 0.620. The predicted octanol–water partition coefficient (Wildman–Crippen LogP) is 0.462. The fourth-order valence-corrected chi connectivity index (χ4v) is 1.39. The molecule has 1 amide bonds. The number of hydrogen-bond donors (Lipinski definition) is 2. The topological polar surface area (TPSA) is 75.6 Å². The van der Waals surface area contributed by atoms with E-state index >= 15 is 0 Å². The highest BCUT2D eigenvalue weighted by atomic mass is 19.1. The summed E-state index contributed by atoms with van der Waals surface area (Å²) >= 11 is 0. The minimum Gasteiger partial charge on any atom is -0.469 e. The zero-order chi connectivity index (χ0) is 15.0. The average molecular weight is 279 g/mol. The van der Waals surface area contributed by atoms with Crippen LogP contribution >= 0.6 is 0 Å². The van der Waals surface area contributed by atoms with Gasteiger partial charge < -0.3 is 15.2 Å². The SMILES string of the molecule is COC(=O)CCNC(=O)c1ccc(C#CCO)cc1F. The van der Waals surface area contributed by atoms with Gasteiger partial charge in [0.15, 0.2) is 0 Å². The van der Waals surface area contributed by atoms with Gasteiger partial charge in [0, 0.05) is 12.1 Å². The summed E-state index contributed by atoms with van der Waals surface area (Å²) in [5.74, 6) is 3.12. The molecule has 0 aliphatic heterocycles. The molecule has 0 bridgehead atoms. The van der Waals surface area contributed by atoms with Gasteiger partial charge in [-0.25, -0.2) is 4.39 Å². The van der Waals surface area contributed by atoms with Crippen LogP contribution in [0.15, 0.2) is 18.2 Å². The third kappa shape index (κ3) is 4.71. The van der Waals surface area contributed by atoms with Crippen molar-refractivity contribution in [3.8, 4) is 11.8 Å². The van der Waals surface area contributed by atoms with Crippen LogP contribution in [0, 0.1) is 17.7 Å². The minimum absolute atomic E-state index is 0.0178. The molecule has 20 heavy (non-hydrogen) atoms. The number of carbonyl (C=O) groups is 2. The molecule has 2 N–H and O–H groups in total. The van der Waals surface area contributed by atoms with Crippen LogP contribution in [0.4, 0.5) is 4.39 Å². The number of nitrogens with one attached hydrogen (secondary N) is 1. The number of aliphatic hydroxyl groups excluding tert-OH is 1. The van der Waals surface area contributed by atoms with Crippen LogP contribution in [0.2, 0.25) is 0 Å². The number of esters is 1. The van der Waals surface area contributed by atoms with E-state index in [9.17, 15) is 14.0 Å². The van der Waals surface area contributed by atoms with Crippen LogP contribution < -0.4 is 5.32 Å². The second-order valence-electron chi connectivity index (χ2n) is 3.74. The van der Waals surface area contributed by atoms with Crippen LogP contribution in [0.3, 0.4) is 0 Å². The second kappa shape index (κ2) is 7.92. The Hall–Kier alpha value is -2.39. The summed E-state index contributed by atoms with van der Waals surface area (Å²) in [7, 11) is 1.25. The molecule has 1 aromatic rings. The molecule has 5 nitrogen and oxygen atoms in total. The van der Waals surface area contributed by atoms with E-state index in [1.807, 2.05) is 0 Å². The lowest BCUT2D eigenvalue weighted by Gasteiger charge is -2.05. The van der Waals surface area contributed by atoms with Crippen LogP contribution in [-0.4, -0.2) is 37.2 Å². The van der Waals surface area contributed by atoms with Gasteiger partial charge in [-0.3, -0.25) is 9.59 Å². The van der Waals surface area contributed by atoms with E-state index in [0.29, 0.717) is 5.56 Å². The van der Waals surface area contributed by atoms with Crippen molar-refractivity contribution in [2.75, 3.05) is 20.3 Å². The largest absolute Gasteiger partial charge is 0.469 e. The molecule has 0 radical (unpaired) electrons. The van der Waals surface area contributed by atoms with Crippen molar-refractivity contribution in [1.82, 2.24) is 5.32 Å². The Morgan fingerprint density at radius 1 is 1.45 bits per heavy atom. The number of benzene rings is 1. The summed E-state index contributed by atoms with van der Waals surface area (Å²) in [5, 5.41) is 10.9. The van der Waals surface area contributed by atoms with E-state index in [1.54, 1.807) is 0 Å². The Labute approximate surface area is 115 Å². The number of rotatable bonds is 4. The van der Waals surface area contributed by atoms with E-state index in [2.05, 4.69) is 21.9 Å². The summed E-state index contributed by atoms with van der Waals surface area (Å²) in [6.07, 6.45) is 0.0178. The first-order chi connectivity index (χ1) is 9.58. The molecular weight excluding hydrogens is 265 g/mol. The first kappa shape index (κ1) is 15.7. The normalized spacial score (nSPS) is 9.35. The molecule has 0 unspecified atom stereocenters. The summed E-state index contributed by atoms with van der Waals surface area (Å²) in [4.78, 5) is 22.5. The molecule has 0 aromatic heterocycles. The lowest BCUT2D eigenvalue weighted by molar-refractivity contribution is -0.140. The van der Waals surface area contributed by atoms with E-state index in [0.717, 1.165) is 6.07 Å². The highest BCUT2D eigenvalue weighted by molar-refractivity contribution is 5.94. The van der Waals surface area contributed by atoms with Crippen molar-refractivity contribution in [2.24, 2.45) is 0 Å². The van der Waals surface area contributed by atoms with Gasteiger partial charge >= 0.3 is 5.97 Å². The van der Waals surface area contributed by atoms with Gasteiger partial charge in [0.2, 0.25) is 0 Å². The highest BCUT2D eigenvalue weighted by Crippen LogP contribution is 2.09. The summed E-state index contributed by atoms with van der Waals surface area (Å²) in [6, 6.07) is 3.88. The number of carbonyl (C=O) groups excluding carboxylic acids is 2. The fraction of sp³-hybridized carbons (Fsp3) is 0.286. The number of aliphatic hydroxyl groups is 1. The maximum atomic E-state index is 13.7. The van der Waals surface area contributed by atoms with Crippen molar-refractivity contribution >= 4 is 11.9 Å². The van der Waals surface area contributed by atoms with Gasteiger partial charge in [0.05, 0.1) is 19.1 Å². The van der Waals surface area contributed by atoms with Crippen molar-refractivity contribution in [3.63, 3.8) is 0 Å². The monoisotopic (exact) mass is 279 g/mol. The molecule has 106 valence electrons. The highest BCUT2D eigenvalue weighted by Gasteiger charge is 2.12. The molecule has 6 heteroatoms. The Balaban J connectivity index is 2.67. The molecule has 0 saturated heterocycles. The van der Waals surface area contributed by atoms with Crippen LogP contribution in [0.25, 0.3) is 0 Å². The molecule has 0 spiro atoms. The second-order valence-corrected chi connectivity index (χ2v) is 3.74. The predicted molar refractivity (Wildman–Crippen MR) is 69.3 cm³/mol. The van der Waals surface area contributed by atoms with Gasteiger partial charge in [0.1, 0.15) is 12.4 Å². The van der Waals surface area contributed by atoms with Crippen molar-refractivity contribution in [1.29, 1.82) is 0 Å². The molecule has 0 aliphatic carbocycles. The van der Waals surface area contributed by atoms with Gasteiger partial charge in [-0.05, 0) is 18.2 Å². The van der Waals surface area contributed by atoms with Crippen molar-refractivity contribution in [3.05, 3.63) is 35.1 Å². The summed E-state index contributed by atoms with van der Waals surface area (Å²) in [5.41, 5.74) is 0.229. The summed E-state index contributed by atoms with van der Waals surface area (Å²) in [6.45, 7) is -0.256. The van der Waals surface area contributed by atoms with Crippen LogP contribution in [0.1, 0.15) is 22.3 Å². The van der Waals surface area contributed by atoms with E-state index in [1.165, 1.54) is 19.2 Å². The minimum atomic E-state index is -0.717. The number of methoxy groups -OCH3 is 1. The lowest BCUT2D eigenvalue weighted by atomic mass is 10.1.